The highest BCUT2D eigenvalue weighted by Crippen LogP contribution is 2.64. The van der Waals surface area contributed by atoms with E-state index in [4.69, 9.17) is 12.2 Å². The van der Waals surface area contributed by atoms with E-state index in [-0.39, 0.29) is 0 Å². The van der Waals surface area contributed by atoms with Gasteiger partial charge in [0.15, 0.2) is 0 Å². The molecule has 0 N–H and O–H groups in total. The number of allylic oxidation sites excluding steroid dienone is 2. The fourth-order valence-corrected chi connectivity index (χ4v) is 24.2. The minimum Gasteiger partial charge on any atom is -0.117 e. The molecule has 4 aliphatic rings. The third kappa shape index (κ3) is 16.0. The van der Waals surface area contributed by atoms with E-state index in [0.717, 1.165) is 3.14 Å². The van der Waals surface area contributed by atoms with Crippen molar-refractivity contribution in [2.24, 2.45) is 0 Å². The van der Waals surface area contributed by atoms with Gasteiger partial charge in [-0.3, -0.25) is 0 Å². The summed E-state index contributed by atoms with van der Waals surface area (Å²) in [6, 6.07) is 0. The van der Waals surface area contributed by atoms with Crippen molar-refractivity contribution in [2.45, 2.75) is 105 Å². The van der Waals surface area contributed by atoms with E-state index in [9.17, 15) is 0 Å². The molecule has 15 heteroatoms. The first kappa shape index (κ1) is 47.4. The van der Waals surface area contributed by atoms with Crippen molar-refractivity contribution < 1.29 is 0 Å². The van der Waals surface area contributed by atoms with Gasteiger partial charge in [-0.15, -0.1) is 69.7 Å². The molecule has 5 heterocycles. The van der Waals surface area contributed by atoms with Gasteiger partial charge in [0, 0.05) is 19.6 Å². The first-order valence-corrected chi connectivity index (χ1v) is 31.4. The third-order valence-electron chi connectivity index (χ3n) is 7.75. The van der Waals surface area contributed by atoms with Gasteiger partial charge in [0.25, 0.3) is 0 Å². The Morgan fingerprint density at radius 3 is 1.09 bits per heavy atom. The predicted molar refractivity (Wildman–Crippen MR) is 284 cm³/mol. The zero-order valence-corrected chi connectivity index (χ0v) is 43.6. The number of rotatable bonds is 24. The molecule has 296 valence electrons. The molecule has 0 bridgehead atoms. The van der Waals surface area contributed by atoms with Gasteiger partial charge in [-0.05, 0) is 83.8 Å². The standard InChI is InChI=1S/C39H50S15/c1-5-9-13-21-41-31-32(42-22-14-10-6-2)52-37(51-31)35-45-25-27(47-35)17-19-29-30(50-39(40)49-29)20-18-28-26-46-36(48-28)38-53-33(43-23-15-11-7-3)34(54-38)44-24-16-12-8-4/h17-20,25-26H,5-16,21-24H2,1-4H3/b19-17+,20-18+. The molecule has 0 atom stereocenters. The lowest BCUT2D eigenvalue weighted by Crippen LogP contribution is -1.82. The van der Waals surface area contributed by atoms with Crippen molar-refractivity contribution in [3.8, 4) is 0 Å². The van der Waals surface area contributed by atoms with Gasteiger partial charge >= 0.3 is 0 Å². The molecule has 0 saturated carbocycles. The van der Waals surface area contributed by atoms with Crippen molar-refractivity contribution >= 4 is 188 Å². The Hall–Kier alpha value is 2.39. The van der Waals surface area contributed by atoms with E-state index in [1.54, 1.807) is 22.7 Å². The highest BCUT2D eigenvalue weighted by Gasteiger charge is 2.28. The van der Waals surface area contributed by atoms with Crippen molar-refractivity contribution in [1.29, 1.82) is 0 Å². The van der Waals surface area contributed by atoms with Crippen LogP contribution in [0.1, 0.15) is 114 Å². The van der Waals surface area contributed by atoms with Crippen LogP contribution in [0.25, 0.3) is 12.2 Å². The first-order valence-electron chi connectivity index (χ1n) is 18.8. The summed E-state index contributed by atoms with van der Waals surface area (Å²) in [6.07, 6.45) is 24.9. The Kier molecular flexibility index (Phi) is 24.0. The van der Waals surface area contributed by atoms with E-state index < -0.39 is 0 Å². The van der Waals surface area contributed by atoms with E-state index in [0.29, 0.717) is 0 Å². The van der Waals surface area contributed by atoms with Crippen LogP contribution in [0.4, 0.5) is 0 Å². The second-order valence-electron chi connectivity index (χ2n) is 12.3. The average molecular weight is 1000 g/mol. The van der Waals surface area contributed by atoms with E-state index in [2.05, 4.69) is 110 Å². The van der Waals surface area contributed by atoms with Crippen molar-refractivity contribution in [2.75, 3.05) is 23.0 Å². The molecular weight excluding hydrogens is 949 g/mol. The topological polar surface area (TPSA) is 0 Å². The lowest BCUT2D eigenvalue weighted by Gasteiger charge is -2.04. The molecule has 0 unspecified atom stereocenters. The summed E-state index contributed by atoms with van der Waals surface area (Å²) >= 11 is 33.3. The van der Waals surface area contributed by atoms with Gasteiger partial charge in [-0.1, -0.05) is 185 Å². The molecule has 4 aliphatic heterocycles. The molecule has 0 fully saturated rings. The Bertz CT molecular complexity index is 1520. The molecule has 0 nitrogen and oxygen atoms in total. The van der Waals surface area contributed by atoms with Crippen LogP contribution in [-0.2, 0) is 0 Å². The smallest absolute Gasteiger partial charge is 0.117 e. The Morgan fingerprint density at radius 1 is 0.444 bits per heavy atom. The van der Waals surface area contributed by atoms with Crippen LogP contribution in [0.5, 0.6) is 0 Å². The second-order valence-corrected chi connectivity index (χ2v) is 30.0. The lowest BCUT2D eigenvalue weighted by molar-refractivity contribution is 0.779. The summed E-state index contributed by atoms with van der Waals surface area (Å²) in [5.74, 6) is 4.93. The SMILES string of the molecule is CCCCCSC1=C(SCCCCC)SC(=C2SC=C(/C=C/c3sc(=S)sc3/C=C/C3=CSC(=C4SC(SCCCCC)=C(SCCCCC)S4)S3)S2)S1. The summed E-state index contributed by atoms with van der Waals surface area (Å²) in [4.78, 5) is 5.15. The van der Waals surface area contributed by atoms with Crippen LogP contribution in [0, 0.1) is 3.14 Å². The van der Waals surface area contributed by atoms with Gasteiger partial charge in [-0.2, -0.15) is 0 Å². The molecule has 0 amide bonds. The van der Waals surface area contributed by atoms with Crippen molar-refractivity contribution in [3.63, 3.8) is 0 Å². The quantitative estimate of drug-likeness (QED) is 0.0714. The van der Waals surface area contributed by atoms with Crippen LogP contribution >= 0.6 is 176 Å². The summed E-state index contributed by atoms with van der Waals surface area (Å²) in [5, 5.41) is 4.66. The van der Waals surface area contributed by atoms with Crippen LogP contribution < -0.4 is 0 Å². The number of hydrogen-bond acceptors (Lipinski definition) is 15. The maximum absolute atomic E-state index is 5.70. The van der Waals surface area contributed by atoms with Crippen LogP contribution in [0.2, 0.25) is 0 Å². The zero-order valence-electron chi connectivity index (χ0n) is 31.4. The van der Waals surface area contributed by atoms with E-state index >= 15 is 0 Å². The van der Waals surface area contributed by atoms with Gasteiger partial charge in [-0.25, -0.2) is 0 Å². The van der Waals surface area contributed by atoms with Crippen LogP contribution in [0.15, 0.2) is 66.7 Å². The Balaban J connectivity index is 1.16. The molecule has 0 aromatic carbocycles. The molecule has 0 spiro atoms. The van der Waals surface area contributed by atoms with Gasteiger partial charge in [0.2, 0.25) is 0 Å². The van der Waals surface area contributed by atoms with Gasteiger partial charge in [0.1, 0.15) is 3.14 Å². The maximum atomic E-state index is 5.70. The molecule has 0 radical (unpaired) electrons. The molecule has 5 rings (SSSR count). The number of thioether (sulfide) groups is 12. The normalized spacial score (nSPS) is 18.0. The lowest BCUT2D eigenvalue weighted by atomic mass is 10.3. The third-order valence-corrected chi connectivity index (χ3v) is 27.5. The molecule has 54 heavy (non-hydrogen) atoms. The number of hydrogen-bond donors (Lipinski definition) is 0. The van der Waals surface area contributed by atoms with Crippen molar-refractivity contribution in [1.82, 2.24) is 0 Å². The summed E-state index contributed by atoms with van der Waals surface area (Å²) in [5.41, 5.74) is 0. The molecule has 0 aliphatic carbocycles. The maximum Gasteiger partial charge on any atom is 0.144 e. The average Bonchev–Trinajstić information content (AvgIpc) is 4.02. The van der Waals surface area contributed by atoms with Gasteiger partial charge < -0.3 is 0 Å². The molecule has 1 aromatic heterocycles. The number of unbranched alkanes of at least 4 members (excludes halogenated alkanes) is 8. The minimum absolute atomic E-state index is 0.986. The van der Waals surface area contributed by atoms with Crippen molar-refractivity contribution in [3.05, 3.63) is 79.6 Å². The molecular formula is C39H50S15. The Labute approximate surface area is 390 Å². The monoisotopic (exact) mass is 998 g/mol. The fourth-order valence-electron chi connectivity index (χ4n) is 4.84. The Morgan fingerprint density at radius 2 is 0.778 bits per heavy atom. The highest BCUT2D eigenvalue weighted by atomic mass is 32.3. The summed E-state index contributed by atoms with van der Waals surface area (Å²) < 4.78 is 13.0. The van der Waals surface area contributed by atoms with Crippen LogP contribution in [-0.4, -0.2) is 23.0 Å². The van der Waals surface area contributed by atoms with E-state index in [1.807, 2.05) is 94.1 Å². The van der Waals surface area contributed by atoms with Gasteiger partial charge in [0.05, 0.1) is 33.9 Å². The predicted octanol–water partition coefficient (Wildman–Crippen LogP) is 20.4. The van der Waals surface area contributed by atoms with Crippen LogP contribution in [0.3, 0.4) is 0 Å². The van der Waals surface area contributed by atoms with E-state index in [1.165, 1.54) is 154 Å². The first-order chi connectivity index (χ1) is 26.5. The minimum atomic E-state index is 0.986. The summed E-state index contributed by atoms with van der Waals surface area (Å²) in [6.45, 7) is 9.18. The molecule has 0 saturated heterocycles. The molecule has 1 aromatic rings. The fraction of sp³-hybridized carbons (Fsp3) is 0.513. The zero-order chi connectivity index (χ0) is 38.0. The second kappa shape index (κ2) is 27.4. The highest BCUT2D eigenvalue weighted by molar-refractivity contribution is 8.43. The largest absolute Gasteiger partial charge is 0.144 e. The summed E-state index contributed by atoms with van der Waals surface area (Å²) in [7, 11) is 0.